The Morgan fingerprint density at radius 3 is 2.71 bits per heavy atom. The zero-order chi connectivity index (χ0) is 23.7. The molecule has 5 rings (SSSR count). The van der Waals surface area contributed by atoms with E-state index in [1.165, 1.54) is 10.1 Å². The van der Waals surface area contributed by atoms with Gasteiger partial charge in [-0.2, -0.15) is 0 Å². The Morgan fingerprint density at radius 2 is 1.91 bits per heavy atom. The van der Waals surface area contributed by atoms with Gasteiger partial charge >= 0.3 is 0 Å². The Bertz CT molecular complexity index is 1420. The van der Waals surface area contributed by atoms with Crippen LogP contribution in [-0.4, -0.2) is 21.6 Å². The van der Waals surface area contributed by atoms with Crippen LogP contribution in [0.5, 0.6) is 0 Å². The van der Waals surface area contributed by atoms with Gasteiger partial charge in [-0.25, -0.2) is 4.98 Å². The highest BCUT2D eigenvalue weighted by Crippen LogP contribution is 2.34. The van der Waals surface area contributed by atoms with Crippen molar-refractivity contribution in [3.8, 4) is 0 Å². The van der Waals surface area contributed by atoms with Crippen LogP contribution in [0.4, 0.5) is 5.95 Å². The molecule has 1 aromatic heterocycles. The molecule has 2 atom stereocenters. The van der Waals surface area contributed by atoms with Crippen molar-refractivity contribution in [3.63, 3.8) is 0 Å². The average Bonchev–Trinajstić information content (AvgIpc) is 3.31. The normalized spacial score (nSPS) is 17.7. The number of carbonyl (C=O) groups is 1. The third-order valence-electron chi connectivity index (χ3n) is 6.09. The van der Waals surface area contributed by atoms with Crippen LogP contribution < -0.4 is 10.9 Å². The quantitative estimate of drug-likeness (QED) is 0.371. The van der Waals surface area contributed by atoms with Gasteiger partial charge in [-0.1, -0.05) is 64.0 Å². The maximum Gasteiger partial charge on any atom is 0.262 e. The molecule has 1 aliphatic heterocycles. The second kappa shape index (κ2) is 9.52. The Hall–Kier alpha value is -3.29. The van der Waals surface area contributed by atoms with Gasteiger partial charge < -0.3 is 4.74 Å². The molecule has 3 aromatic carbocycles. The van der Waals surface area contributed by atoms with E-state index in [0.717, 1.165) is 22.9 Å². The second-order valence-corrected chi connectivity index (χ2v) is 9.49. The number of carbonyl (C=O) groups excluding carboxylic acids is 1. The average molecular weight is 518 g/mol. The summed E-state index contributed by atoms with van der Waals surface area (Å²) in [5.41, 5.74) is 3.15. The van der Waals surface area contributed by atoms with Crippen LogP contribution in [0.2, 0.25) is 0 Å². The zero-order valence-electron chi connectivity index (χ0n) is 18.7. The SMILES string of the molecule is Cc1cccc(C2CCC(Cn3c(NC(=O)c4ccccc4)nc4cc(Br)ccc4c3=O)O2)c1. The van der Waals surface area contributed by atoms with Crippen LogP contribution in [0.15, 0.2) is 82.1 Å². The van der Waals surface area contributed by atoms with E-state index in [1.807, 2.05) is 18.2 Å². The van der Waals surface area contributed by atoms with Crippen LogP contribution in [-0.2, 0) is 11.3 Å². The number of anilines is 1. The van der Waals surface area contributed by atoms with Crippen molar-refractivity contribution in [2.24, 2.45) is 0 Å². The Labute approximate surface area is 205 Å². The third kappa shape index (κ3) is 4.67. The first-order chi connectivity index (χ1) is 16.5. The molecular weight excluding hydrogens is 494 g/mol. The van der Waals surface area contributed by atoms with Crippen LogP contribution in [0.3, 0.4) is 0 Å². The highest BCUT2D eigenvalue weighted by molar-refractivity contribution is 9.10. The van der Waals surface area contributed by atoms with Crippen LogP contribution >= 0.6 is 15.9 Å². The monoisotopic (exact) mass is 517 g/mol. The van der Waals surface area contributed by atoms with Crippen molar-refractivity contribution in [1.29, 1.82) is 0 Å². The molecule has 6 nitrogen and oxygen atoms in total. The molecule has 1 saturated heterocycles. The van der Waals surface area contributed by atoms with E-state index in [4.69, 9.17) is 4.74 Å². The summed E-state index contributed by atoms with van der Waals surface area (Å²) < 4.78 is 8.67. The first-order valence-electron chi connectivity index (χ1n) is 11.3. The summed E-state index contributed by atoms with van der Waals surface area (Å²) in [4.78, 5) is 31.0. The Morgan fingerprint density at radius 1 is 1.09 bits per heavy atom. The molecule has 1 amide bonds. The van der Waals surface area contributed by atoms with Crippen LogP contribution in [0.25, 0.3) is 10.9 Å². The molecular formula is C27H24BrN3O3. The number of halogens is 1. The predicted molar refractivity (Wildman–Crippen MR) is 136 cm³/mol. The van der Waals surface area contributed by atoms with Crippen LogP contribution in [0, 0.1) is 6.92 Å². The molecule has 1 aliphatic rings. The van der Waals surface area contributed by atoms with E-state index in [9.17, 15) is 9.59 Å². The summed E-state index contributed by atoms with van der Waals surface area (Å²) in [5, 5.41) is 3.34. The van der Waals surface area contributed by atoms with Gasteiger partial charge in [-0.15, -0.1) is 0 Å². The van der Waals surface area contributed by atoms with E-state index in [0.29, 0.717) is 23.0 Å². The summed E-state index contributed by atoms with van der Waals surface area (Å²) in [6, 6.07) is 22.5. The molecule has 0 bridgehead atoms. The molecule has 0 spiro atoms. The molecule has 1 fully saturated rings. The molecule has 4 aromatic rings. The zero-order valence-corrected chi connectivity index (χ0v) is 20.3. The lowest BCUT2D eigenvalue weighted by molar-refractivity contribution is 0.0347. The molecule has 2 heterocycles. The fourth-order valence-corrected chi connectivity index (χ4v) is 4.73. The van der Waals surface area contributed by atoms with Crippen molar-refractivity contribution >= 4 is 38.7 Å². The highest BCUT2D eigenvalue weighted by atomic mass is 79.9. The molecule has 7 heteroatoms. The van der Waals surface area contributed by atoms with E-state index in [-0.39, 0.29) is 29.6 Å². The highest BCUT2D eigenvalue weighted by Gasteiger charge is 2.28. The van der Waals surface area contributed by atoms with Gasteiger partial charge in [0.05, 0.1) is 29.7 Å². The minimum Gasteiger partial charge on any atom is -0.368 e. The standard InChI is InChI=1S/C27H24BrN3O3/c1-17-6-5-9-19(14-17)24-13-11-21(34-24)16-31-26(33)22-12-10-20(28)15-23(22)29-27(31)30-25(32)18-7-3-2-4-8-18/h2-10,12,14-15,21,24H,11,13,16H2,1H3,(H,29,30,32). The first kappa shape index (κ1) is 22.5. The number of aryl methyl sites for hydroxylation is 1. The van der Waals surface area contributed by atoms with Gasteiger partial charge in [-0.3, -0.25) is 19.5 Å². The summed E-state index contributed by atoms with van der Waals surface area (Å²) in [6.45, 7) is 2.38. The number of nitrogens with zero attached hydrogens (tertiary/aromatic N) is 2. The lowest BCUT2D eigenvalue weighted by Crippen LogP contribution is -2.31. The minimum absolute atomic E-state index is 0.00710. The number of amides is 1. The van der Waals surface area contributed by atoms with Crippen molar-refractivity contribution in [1.82, 2.24) is 9.55 Å². The second-order valence-electron chi connectivity index (χ2n) is 8.57. The molecule has 172 valence electrons. The van der Waals surface area contributed by atoms with Crippen LogP contribution in [0.1, 0.15) is 40.4 Å². The first-order valence-corrected chi connectivity index (χ1v) is 12.1. The molecule has 0 radical (unpaired) electrons. The topological polar surface area (TPSA) is 73.2 Å². The van der Waals surface area contributed by atoms with Gasteiger partial charge in [0, 0.05) is 10.0 Å². The van der Waals surface area contributed by atoms with E-state index in [2.05, 4.69) is 51.4 Å². The smallest absolute Gasteiger partial charge is 0.262 e. The molecule has 0 aliphatic carbocycles. The predicted octanol–water partition coefficient (Wildman–Crippen LogP) is 5.64. The van der Waals surface area contributed by atoms with Crippen molar-refractivity contribution in [2.75, 3.05) is 5.32 Å². The van der Waals surface area contributed by atoms with Gasteiger partial charge in [0.15, 0.2) is 0 Å². The van der Waals surface area contributed by atoms with Crippen molar-refractivity contribution in [2.45, 2.75) is 38.5 Å². The summed E-state index contributed by atoms with van der Waals surface area (Å²) in [6.07, 6.45) is 1.52. The maximum atomic E-state index is 13.5. The number of aromatic nitrogens is 2. The number of hydrogen-bond donors (Lipinski definition) is 1. The van der Waals surface area contributed by atoms with Gasteiger partial charge in [0.25, 0.3) is 11.5 Å². The molecule has 0 saturated carbocycles. The molecule has 2 unspecified atom stereocenters. The Balaban J connectivity index is 1.47. The number of ether oxygens (including phenoxy) is 1. The van der Waals surface area contributed by atoms with E-state index in [1.54, 1.807) is 36.4 Å². The lowest BCUT2D eigenvalue weighted by Gasteiger charge is -2.19. The molecule has 1 N–H and O–H groups in total. The largest absolute Gasteiger partial charge is 0.368 e. The maximum absolute atomic E-state index is 13.5. The summed E-state index contributed by atoms with van der Waals surface area (Å²) in [7, 11) is 0. The number of benzene rings is 3. The van der Waals surface area contributed by atoms with E-state index < -0.39 is 0 Å². The summed E-state index contributed by atoms with van der Waals surface area (Å²) >= 11 is 3.44. The minimum atomic E-state index is -0.319. The fourth-order valence-electron chi connectivity index (χ4n) is 4.38. The fraction of sp³-hybridized carbons (Fsp3) is 0.222. The van der Waals surface area contributed by atoms with Gasteiger partial charge in [-0.05, 0) is 55.7 Å². The number of hydrogen-bond acceptors (Lipinski definition) is 4. The van der Waals surface area contributed by atoms with Crippen molar-refractivity contribution < 1.29 is 9.53 Å². The lowest BCUT2D eigenvalue weighted by atomic mass is 10.0. The number of nitrogens with one attached hydrogen (secondary N) is 1. The molecule has 34 heavy (non-hydrogen) atoms. The van der Waals surface area contributed by atoms with E-state index >= 15 is 0 Å². The number of rotatable bonds is 5. The number of fused-ring (bicyclic) bond motifs is 1. The van der Waals surface area contributed by atoms with Gasteiger partial charge in [0.1, 0.15) is 0 Å². The van der Waals surface area contributed by atoms with Gasteiger partial charge in [0.2, 0.25) is 5.95 Å². The third-order valence-corrected chi connectivity index (χ3v) is 6.58. The van der Waals surface area contributed by atoms with Crippen molar-refractivity contribution in [3.05, 3.63) is 104 Å². The Kier molecular flexibility index (Phi) is 6.30. The summed E-state index contributed by atoms with van der Waals surface area (Å²) in [5.74, 6) is -0.104.